The Morgan fingerprint density at radius 2 is 1.79 bits per heavy atom. The Hall–Kier alpha value is -1.15. The molecule has 2 fully saturated rings. The van der Waals surface area contributed by atoms with E-state index in [2.05, 4.69) is 20.8 Å². The van der Waals surface area contributed by atoms with Gasteiger partial charge in [-0.05, 0) is 43.4 Å². The quantitative estimate of drug-likeness (QED) is 0.787. The number of benzene rings is 1. The van der Waals surface area contributed by atoms with Crippen LogP contribution in [-0.4, -0.2) is 69.3 Å². The van der Waals surface area contributed by atoms with Crippen LogP contribution in [0.4, 0.5) is 0 Å². The highest BCUT2D eigenvalue weighted by Gasteiger charge is 2.33. The van der Waals surface area contributed by atoms with Crippen LogP contribution in [0.1, 0.15) is 37.6 Å². The molecule has 1 aromatic carbocycles. The van der Waals surface area contributed by atoms with Crippen molar-refractivity contribution in [3.63, 3.8) is 0 Å². The van der Waals surface area contributed by atoms with Gasteiger partial charge in [0.2, 0.25) is 10.0 Å². The second kappa shape index (κ2) is 8.69. The summed E-state index contributed by atoms with van der Waals surface area (Å²) in [6.07, 6.45) is 1.03. The number of carbonyl (C=O) groups is 1. The van der Waals surface area contributed by atoms with Crippen molar-refractivity contribution in [2.75, 3.05) is 45.8 Å². The van der Waals surface area contributed by atoms with Crippen molar-refractivity contribution in [2.45, 2.75) is 32.1 Å². The highest BCUT2D eigenvalue weighted by atomic mass is 35.5. The number of carbonyl (C=O) groups excluding carboxylic acids is 1. The SMILES string of the molecule is CC[NH+]1CCN(C(=O)c2cc(S(=O)(=O)N3C[C@@H](C)C[C@H](C)C3)ccc2Cl)CC1. The zero-order chi connectivity index (χ0) is 20.5. The summed E-state index contributed by atoms with van der Waals surface area (Å²) in [4.78, 5) is 16.4. The molecule has 0 aromatic heterocycles. The summed E-state index contributed by atoms with van der Waals surface area (Å²) in [5.41, 5.74) is 0.279. The lowest BCUT2D eigenvalue weighted by Crippen LogP contribution is -3.14. The van der Waals surface area contributed by atoms with Gasteiger partial charge in [0.25, 0.3) is 5.91 Å². The number of sulfonamides is 1. The Kier molecular flexibility index (Phi) is 6.69. The Balaban J connectivity index is 1.84. The fourth-order valence-corrected chi connectivity index (χ4v) is 6.23. The Morgan fingerprint density at radius 3 is 2.36 bits per heavy atom. The van der Waals surface area contributed by atoms with Crippen LogP contribution < -0.4 is 4.90 Å². The number of piperidine rings is 1. The average molecular weight is 429 g/mol. The van der Waals surface area contributed by atoms with Gasteiger partial charge < -0.3 is 9.80 Å². The maximum atomic E-state index is 13.2. The maximum absolute atomic E-state index is 13.2. The highest BCUT2D eigenvalue weighted by molar-refractivity contribution is 7.89. The normalized spacial score (nSPS) is 25.1. The molecular weight excluding hydrogens is 398 g/mol. The number of halogens is 1. The number of rotatable bonds is 4. The van der Waals surface area contributed by atoms with Gasteiger partial charge in [0.15, 0.2) is 0 Å². The number of hydrogen-bond acceptors (Lipinski definition) is 3. The molecule has 28 heavy (non-hydrogen) atoms. The molecule has 2 atom stereocenters. The zero-order valence-electron chi connectivity index (χ0n) is 16.9. The molecule has 0 aliphatic carbocycles. The molecular formula is C20H31ClN3O3S+. The van der Waals surface area contributed by atoms with Gasteiger partial charge >= 0.3 is 0 Å². The third-order valence-corrected chi connectivity index (χ3v) is 8.06. The minimum absolute atomic E-state index is 0.152. The van der Waals surface area contributed by atoms with Gasteiger partial charge in [-0.3, -0.25) is 4.79 Å². The van der Waals surface area contributed by atoms with Gasteiger partial charge in [0.1, 0.15) is 0 Å². The molecule has 0 bridgehead atoms. The lowest BCUT2D eigenvalue weighted by molar-refractivity contribution is -0.902. The number of quaternary nitrogens is 1. The molecule has 2 aliphatic rings. The van der Waals surface area contributed by atoms with E-state index in [1.807, 2.05) is 0 Å². The molecule has 2 heterocycles. The van der Waals surface area contributed by atoms with Crippen molar-refractivity contribution in [3.8, 4) is 0 Å². The molecule has 2 aliphatic heterocycles. The van der Waals surface area contributed by atoms with Gasteiger partial charge in [-0.15, -0.1) is 0 Å². The summed E-state index contributed by atoms with van der Waals surface area (Å²) < 4.78 is 27.9. The van der Waals surface area contributed by atoms with Crippen LogP contribution in [0.5, 0.6) is 0 Å². The Bertz CT molecular complexity index is 812. The number of nitrogens with zero attached hydrogens (tertiary/aromatic N) is 2. The predicted octanol–water partition coefficient (Wildman–Crippen LogP) is 1.37. The lowest BCUT2D eigenvalue weighted by Gasteiger charge is -2.34. The molecule has 0 spiro atoms. The van der Waals surface area contributed by atoms with E-state index in [0.29, 0.717) is 43.0 Å². The summed E-state index contributed by atoms with van der Waals surface area (Å²) in [6.45, 7) is 11.5. The predicted molar refractivity (Wildman–Crippen MR) is 110 cm³/mol. The van der Waals surface area contributed by atoms with Crippen LogP contribution in [0.2, 0.25) is 5.02 Å². The second-order valence-electron chi connectivity index (χ2n) is 8.31. The van der Waals surface area contributed by atoms with E-state index in [9.17, 15) is 13.2 Å². The third-order valence-electron chi connectivity index (χ3n) is 5.90. The van der Waals surface area contributed by atoms with E-state index in [0.717, 1.165) is 26.1 Å². The number of likely N-dealkylation sites (N-methyl/N-ethyl adjacent to an activating group) is 1. The first kappa shape index (κ1) is 21.6. The monoisotopic (exact) mass is 428 g/mol. The van der Waals surface area contributed by atoms with Gasteiger partial charge in [0, 0.05) is 13.1 Å². The zero-order valence-corrected chi connectivity index (χ0v) is 18.5. The molecule has 0 unspecified atom stereocenters. The van der Waals surface area contributed by atoms with E-state index < -0.39 is 10.0 Å². The number of amides is 1. The average Bonchev–Trinajstić information content (AvgIpc) is 2.67. The molecule has 1 aromatic rings. The topological polar surface area (TPSA) is 62.1 Å². The molecule has 0 saturated carbocycles. The van der Waals surface area contributed by atoms with Crippen molar-refractivity contribution in [1.29, 1.82) is 0 Å². The number of piperazine rings is 1. The molecule has 2 saturated heterocycles. The van der Waals surface area contributed by atoms with Crippen LogP contribution in [0.15, 0.2) is 23.1 Å². The number of hydrogen-bond donors (Lipinski definition) is 1. The van der Waals surface area contributed by atoms with Gasteiger partial charge in [-0.1, -0.05) is 25.4 Å². The molecule has 1 N–H and O–H groups in total. The van der Waals surface area contributed by atoms with Crippen LogP contribution in [-0.2, 0) is 10.0 Å². The summed E-state index contributed by atoms with van der Waals surface area (Å²) in [5.74, 6) is 0.464. The van der Waals surface area contributed by atoms with Crippen molar-refractivity contribution in [3.05, 3.63) is 28.8 Å². The standard InChI is InChI=1S/C20H30ClN3O3S/c1-4-22-7-9-23(10-8-22)20(25)18-12-17(5-6-19(18)21)28(26,27)24-13-15(2)11-16(3)14-24/h5-6,12,15-16H,4,7-11,13-14H2,1-3H3/p+1/t15-,16-/m0/s1. The summed E-state index contributed by atoms with van der Waals surface area (Å²) in [7, 11) is -3.64. The van der Waals surface area contributed by atoms with Crippen LogP contribution in [0, 0.1) is 11.8 Å². The van der Waals surface area contributed by atoms with Gasteiger partial charge in [-0.25, -0.2) is 8.42 Å². The highest BCUT2D eigenvalue weighted by Crippen LogP contribution is 2.29. The number of nitrogens with one attached hydrogen (secondary N) is 1. The molecule has 8 heteroatoms. The van der Waals surface area contributed by atoms with Crippen molar-refractivity contribution >= 4 is 27.5 Å². The maximum Gasteiger partial charge on any atom is 0.255 e. The van der Waals surface area contributed by atoms with Crippen molar-refractivity contribution < 1.29 is 18.1 Å². The van der Waals surface area contributed by atoms with E-state index in [-0.39, 0.29) is 16.4 Å². The van der Waals surface area contributed by atoms with Gasteiger partial charge in [-0.2, -0.15) is 4.31 Å². The molecule has 1 amide bonds. The summed E-state index contributed by atoms with van der Waals surface area (Å²) in [5, 5.41) is 0.301. The van der Waals surface area contributed by atoms with E-state index in [1.165, 1.54) is 23.1 Å². The van der Waals surface area contributed by atoms with Gasteiger partial charge in [0.05, 0.1) is 48.2 Å². The molecule has 0 radical (unpaired) electrons. The van der Waals surface area contributed by atoms with Crippen molar-refractivity contribution in [2.24, 2.45) is 11.8 Å². The fourth-order valence-electron chi connectivity index (χ4n) is 4.33. The van der Waals surface area contributed by atoms with E-state index >= 15 is 0 Å². The van der Waals surface area contributed by atoms with E-state index in [1.54, 1.807) is 9.21 Å². The Morgan fingerprint density at radius 1 is 1.18 bits per heavy atom. The first-order valence-corrected chi connectivity index (χ1v) is 12.0. The molecule has 6 nitrogen and oxygen atoms in total. The van der Waals surface area contributed by atoms with Crippen molar-refractivity contribution in [1.82, 2.24) is 9.21 Å². The minimum Gasteiger partial charge on any atom is -0.332 e. The first-order valence-electron chi connectivity index (χ1n) is 10.1. The smallest absolute Gasteiger partial charge is 0.255 e. The third kappa shape index (κ3) is 4.53. The minimum atomic E-state index is -3.64. The summed E-state index contributed by atoms with van der Waals surface area (Å²) in [6, 6.07) is 4.51. The summed E-state index contributed by atoms with van der Waals surface area (Å²) >= 11 is 6.29. The van der Waals surface area contributed by atoms with Crippen LogP contribution >= 0.6 is 11.6 Å². The van der Waals surface area contributed by atoms with Crippen LogP contribution in [0.25, 0.3) is 0 Å². The van der Waals surface area contributed by atoms with Crippen LogP contribution in [0.3, 0.4) is 0 Å². The fraction of sp³-hybridized carbons (Fsp3) is 0.650. The molecule has 156 valence electrons. The largest absolute Gasteiger partial charge is 0.332 e. The first-order chi connectivity index (χ1) is 13.2. The molecule has 3 rings (SSSR count). The second-order valence-corrected chi connectivity index (χ2v) is 10.7. The lowest BCUT2D eigenvalue weighted by atomic mass is 9.94. The Labute approximate surface area is 173 Å². The van der Waals surface area contributed by atoms with E-state index in [4.69, 9.17) is 11.6 Å².